The largest absolute Gasteiger partial charge is 0.494 e. The van der Waals surface area contributed by atoms with Crippen LogP contribution in [0, 0.1) is 5.82 Å². The number of nitrogens with one attached hydrogen (secondary N) is 1. The third-order valence-electron chi connectivity index (χ3n) is 3.85. The van der Waals surface area contributed by atoms with Crippen LogP contribution in [0.15, 0.2) is 48.5 Å². The first-order valence-corrected chi connectivity index (χ1v) is 9.26. The van der Waals surface area contributed by atoms with Gasteiger partial charge in [-0.25, -0.2) is 9.29 Å². The minimum Gasteiger partial charge on any atom is -0.494 e. The molecule has 2 aromatic rings. The smallest absolute Gasteiger partial charge is 0.295 e. The number of carbonyl (C=O) groups excluding carboxylic acids is 2. The van der Waals surface area contributed by atoms with Gasteiger partial charge in [-0.15, -0.1) is 0 Å². The second kappa shape index (κ2) is 8.23. The predicted molar refractivity (Wildman–Crippen MR) is 101 cm³/mol. The van der Waals surface area contributed by atoms with Crippen molar-refractivity contribution >= 4 is 34.3 Å². The highest BCUT2D eigenvalue weighted by Crippen LogP contribution is 2.32. The molecule has 0 aromatic heterocycles. The molecule has 3 rings (SSSR count). The molecule has 1 N–H and O–H groups in total. The molecule has 1 aliphatic heterocycles. The minimum absolute atomic E-state index is 0.359. The van der Waals surface area contributed by atoms with E-state index in [1.807, 2.05) is 12.1 Å². The van der Waals surface area contributed by atoms with Crippen molar-refractivity contribution in [3.63, 3.8) is 0 Å². The number of hydrogen-bond acceptors (Lipinski definition) is 5. The number of unbranched alkanes of at least 4 members (excludes halogenated alkanes) is 1. The van der Waals surface area contributed by atoms with E-state index in [9.17, 15) is 14.0 Å². The molecule has 5 nitrogen and oxygen atoms in total. The lowest BCUT2D eigenvalue weighted by Gasteiger charge is -2.15. The van der Waals surface area contributed by atoms with E-state index in [1.54, 1.807) is 12.1 Å². The van der Waals surface area contributed by atoms with E-state index in [0.29, 0.717) is 18.0 Å². The summed E-state index contributed by atoms with van der Waals surface area (Å²) >= 11 is 0.898. The summed E-state index contributed by atoms with van der Waals surface area (Å²) in [5, 5.41) is 1.94. The van der Waals surface area contributed by atoms with E-state index >= 15 is 0 Å². The zero-order valence-electron chi connectivity index (χ0n) is 14.3. The van der Waals surface area contributed by atoms with Gasteiger partial charge < -0.3 is 10.1 Å². The van der Waals surface area contributed by atoms with E-state index in [-0.39, 0.29) is 5.91 Å². The molecular weight excluding hydrogens is 355 g/mol. The molecule has 2 amide bonds. The molecule has 0 saturated carbocycles. The number of rotatable bonds is 7. The van der Waals surface area contributed by atoms with Crippen LogP contribution in [-0.2, 0) is 4.79 Å². The molecule has 0 spiro atoms. The maximum absolute atomic E-state index is 13.0. The van der Waals surface area contributed by atoms with Crippen LogP contribution in [0.5, 0.6) is 5.75 Å². The number of nitrogens with zero attached hydrogens (tertiary/aromatic N) is 1. The lowest BCUT2D eigenvalue weighted by atomic mass is 10.2. The summed E-state index contributed by atoms with van der Waals surface area (Å²) < 4.78 is 18.6. The molecule has 26 heavy (non-hydrogen) atoms. The molecule has 1 fully saturated rings. The van der Waals surface area contributed by atoms with Gasteiger partial charge in [-0.1, -0.05) is 13.3 Å². The van der Waals surface area contributed by atoms with Gasteiger partial charge in [-0.05, 0) is 66.7 Å². The molecule has 1 heterocycles. The van der Waals surface area contributed by atoms with Crippen molar-refractivity contribution in [3.8, 4) is 5.75 Å². The second-order valence-electron chi connectivity index (χ2n) is 5.78. The average molecular weight is 374 g/mol. The van der Waals surface area contributed by atoms with Gasteiger partial charge in [0.15, 0.2) is 5.37 Å². The first kappa shape index (κ1) is 18.3. The molecule has 0 radical (unpaired) electrons. The summed E-state index contributed by atoms with van der Waals surface area (Å²) in [6, 6.07) is 12.5. The number of carbonyl (C=O) groups is 2. The van der Waals surface area contributed by atoms with Crippen LogP contribution >= 0.6 is 11.8 Å². The monoisotopic (exact) mass is 374 g/mol. The lowest BCUT2D eigenvalue weighted by molar-refractivity contribution is -0.116. The van der Waals surface area contributed by atoms with Crippen molar-refractivity contribution in [1.82, 2.24) is 0 Å². The Morgan fingerprint density at radius 1 is 1.12 bits per heavy atom. The third kappa shape index (κ3) is 4.16. The molecule has 1 atom stereocenters. The van der Waals surface area contributed by atoms with Crippen LogP contribution in [0.4, 0.5) is 20.6 Å². The van der Waals surface area contributed by atoms with E-state index in [2.05, 4.69) is 12.2 Å². The van der Waals surface area contributed by atoms with Gasteiger partial charge in [0, 0.05) is 5.69 Å². The summed E-state index contributed by atoms with van der Waals surface area (Å²) in [5.41, 5.74) is 1.07. The van der Waals surface area contributed by atoms with Gasteiger partial charge in [0.05, 0.1) is 12.3 Å². The molecule has 0 aliphatic carbocycles. The normalized spacial score (nSPS) is 16.8. The molecular formula is C19H19FN2O3S. The highest BCUT2D eigenvalue weighted by atomic mass is 32.2. The van der Waals surface area contributed by atoms with Crippen LogP contribution in [-0.4, -0.2) is 23.1 Å². The van der Waals surface area contributed by atoms with Crippen molar-refractivity contribution in [3.05, 3.63) is 54.3 Å². The average Bonchev–Trinajstić information content (AvgIpc) is 2.91. The summed E-state index contributed by atoms with van der Waals surface area (Å²) in [4.78, 5) is 25.8. The minimum atomic E-state index is -0.723. The quantitative estimate of drug-likeness (QED) is 0.716. The van der Waals surface area contributed by atoms with Crippen LogP contribution in [0.3, 0.4) is 0 Å². The fourth-order valence-electron chi connectivity index (χ4n) is 2.46. The Balaban J connectivity index is 1.64. The standard InChI is InChI=1S/C19H19FN2O3S/c1-2-3-12-25-16-10-6-14(7-11-16)21-17-18(23)22(19(24)26-17)15-8-4-13(20)5-9-15/h4-11,17,21H,2-3,12H2,1H3/t17-/m1/s1. The zero-order chi connectivity index (χ0) is 18.5. The van der Waals surface area contributed by atoms with Gasteiger partial charge in [-0.2, -0.15) is 0 Å². The molecule has 1 saturated heterocycles. The third-order valence-corrected chi connectivity index (χ3v) is 4.79. The summed E-state index contributed by atoms with van der Waals surface area (Å²) in [6.45, 7) is 2.77. The van der Waals surface area contributed by atoms with E-state index in [4.69, 9.17) is 4.74 Å². The maximum Gasteiger partial charge on any atom is 0.295 e. The van der Waals surface area contributed by atoms with Crippen LogP contribution in [0.25, 0.3) is 0 Å². The SMILES string of the molecule is CCCCOc1ccc(N[C@@H]2SC(=O)N(c3ccc(F)cc3)C2=O)cc1. The number of halogens is 1. The Kier molecular flexibility index (Phi) is 5.78. The highest BCUT2D eigenvalue weighted by Gasteiger charge is 2.40. The van der Waals surface area contributed by atoms with Gasteiger partial charge in [-0.3, -0.25) is 9.59 Å². The number of benzene rings is 2. The fourth-order valence-corrected chi connectivity index (χ4v) is 3.36. The van der Waals surface area contributed by atoms with Gasteiger partial charge in [0.25, 0.3) is 11.1 Å². The summed E-state index contributed by atoms with van der Waals surface area (Å²) in [7, 11) is 0. The van der Waals surface area contributed by atoms with Crippen LogP contribution in [0.2, 0.25) is 0 Å². The van der Waals surface area contributed by atoms with Crippen molar-refractivity contribution in [2.75, 3.05) is 16.8 Å². The molecule has 1 aliphatic rings. The number of thioether (sulfide) groups is 1. The Morgan fingerprint density at radius 2 is 1.81 bits per heavy atom. The van der Waals surface area contributed by atoms with Gasteiger partial charge in [0.1, 0.15) is 11.6 Å². The van der Waals surface area contributed by atoms with Crippen LogP contribution < -0.4 is 15.0 Å². The Labute approximate surface area is 155 Å². The van der Waals surface area contributed by atoms with E-state index in [1.165, 1.54) is 24.3 Å². The van der Waals surface area contributed by atoms with Gasteiger partial charge >= 0.3 is 0 Å². The molecule has 7 heteroatoms. The number of amides is 2. The summed E-state index contributed by atoms with van der Waals surface area (Å²) in [6.07, 6.45) is 2.06. The zero-order valence-corrected chi connectivity index (χ0v) is 15.1. The lowest BCUT2D eigenvalue weighted by Crippen LogP contribution is -2.34. The van der Waals surface area contributed by atoms with E-state index in [0.717, 1.165) is 35.3 Å². The first-order valence-electron chi connectivity index (χ1n) is 8.38. The molecule has 2 aromatic carbocycles. The first-order chi connectivity index (χ1) is 12.6. The van der Waals surface area contributed by atoms with Gasteiger partial charge in [0.2, 0.25) is 0 Å². The number of ether oxygens (including phenoxy) is 1. The highest BCUT2D eigenvalue weighted by molar-refractivity contribution is 8.16. The maximum atomic E-state index is 13.0. The number of hydrogen-bond donors (Lipinski definition) is 1. The predicted octanol–water partition coefficient (Wildman–Crippen LogP) is 4.64. The Bertz CT molecular complexity index is 780. The topological polar surface area (TPSA) is 58.6 Å². The number of anilines is 2. The second-order valence-corrected chi connectivity index (χ2v) is 6.84. The van der Waals surface area contributed by atoms with Crippen molar-refractivity contribution in [2.45, 2.75) is 25.1 Å². The Hall–Kier alpha value is -2.54. The van der Waals surface area contributed by atoms with Crippen molar-refractivity contribution < 1.29 is 18.7 Å². The Morgan fingerprint density at radius 3 is 2.46 bits per heavy atom. The van der Waals surface area contributed by atoms with Crippen molar-refractivity contribution in [2.24, 2.45) is 0 Å². The molecule has 0 bridgehead atoms. The van der Waals surface area contributed by atoms with Crippen molar-refractivity contribution in [1.29, 1.82) is 0 Å². The summed E-state index contributed by atoms with van der Waals surface area (Å²) in [5.74, 6) is -0.0373. The van der Waals surface area contributed by atoms with Crippen LogP contribution in [0.1, 0.15) is 19.8 Å². The number of imide groups is 1. The molecule has 136 valence electrons. The van der Waals surface area contributed by atoms with E-state index < -0.39 is 16.4 Å². The molecule has 0 unspecified atom stereocenters. The fraction of sp³-hybridized carbons (Fsp3) is 0.263.